The summed E-state index contributed by atoms with van der Waals surface area (Å²) in [6, 6.07) is 0. The standard InChI is InChI=1S/Li.H4O7P2.H3O4P.H/c;1-8(2,3)7-9(4,5)6;1-5(2,3)4;/h;(H2,1,2,3)(H2,4,5,6);(H3,1,2,3,4);. The second-order valence-corrected chi connectivity index (χ2v) is 5.22. The van der Waals surface area contributed by atoms with Gasteiger partial charge in [0.25, 0.3) is 0 Å². The van der Waals surface area contributed by atoms with Gasteiger partial charge >= 0.3 is 42.3 Å². The zero-order valence-corrected chi connectivity index (χ0v) is 8.79. The molecule has 0 saturated heterocycles. The Morgan fingerprint density at radius 2 is 0.800 bits per heavy atom. The topological polar surface area (TPSA) is 202 Å². The average molecular weight is 284 g/mol. The number of hydrogen-bond acceptors (Lipinski definition) is 4. The molecule has 15 heteroatoms. The molecule has 7 N–H and O–H groups in total. The van der Waals surface area contributed by atoms with E-state index >= 15 is 0 Å². The van der Waals surface area contributed by atoms with Crippen LogP contribution >= 0.6 is 23.5 Å². The molecule has 11 nitrogen and oxygen atoms in total. The Labute approximate surface area is 95.0 Å². The first-order valence-electron chi connectivity index (χ1n) is 2.31. The summed E-state index contributed by atoms with van der Waals surface area (Å²) in [6.45, 7) is 0. The molecule has 15 heavy (non-hydrogen) atoms. The van der Waals surface area contributed by atoms with Gasteiger partial charge in [0, 0.05) is 0 Å². The van der Waals surface area contributed by atoms with Crippen LogP contribution in [-0.4, -0.2) is 53.1 Å². The molecule has 0 aromatic rings. The van der Waals surface area contributed by atoms with Gasteiger partial charge in [0.2, 0.25) is 0 Å². The molecule has 0 aromatic carbocycles. The first kappa shape index (κ1) is 21.3. The molecule has 0 radical (unpaired) electrons. The van der Waals surface area contributed by atoms with Crippen molar-refractivity contribution in [3.8, 4) is 0 Å². The van der Waals surface area contributed by atoms with Crippen LogP contribution in [0.15, 0.2) is 0 Å². The summed E-state index contributed by atoms with van der Waals surface area (Å²) in [5.74, 6) is 0. The van der Waals surface area contributed by atoms with Gasteiger partial charge in [-0.1, -0.05) is 0 Å². The van der Waals surface area contributed by atoms with Crippen molar-refractivity contribution in [2.45, 2.75) is 0 Å². The maximum absolute atomic E-state index is 9.63. The summed E-state index contributed by atoms with van der Waals surface area (Å²) in [5.41, 5.74) is 0. The van der Waals surface area contributed by atoms with Crippen LogP contribution in [0.1, 0.15) is 0 Å². The fraction of sp³-hybridized carbons (Fsp3) is 0. The Kier molecular flexibility index (Phi) is 10.4. The Morgan fingerprint density at radius 1 is 0.667 bits per heavy atom. The molecule has 0 fully saturated rings. The molecule has 0 aliphatic carbocycles. The Hall–Kier alpha value is 0.967. The molecule has 0 atom stereocenters. The molecule has 0 aromatic heterocycles. The summed E-state index contributed by atoms with van der Waals surface area (Å²) in [4.78, 5) is 52.6. The van der Waals surface area contributed by atoms with Crippen molar-refractivity contribution in [3.05, 3.63) is 0 Å². The van der Waals surface area contributed by atoms with Gasteiger partial charge in [0.15, 0.2) is 0 Å². The number of rotatable bonds is 2. The summed E-state index contributed by atoms with van der Waals surface area (Å²) in [6.07, 6.45) is 0. The van der Waals surface area contributed by atoms with Crippen LogP contribution < -0.4 is 0 Å². The molecule has 0 saturated carbocycles. The van der Waals surface area contributed by atoms with E-state index in [0.717, 1.165) is 0 Å². The molecule has 0 amide bonds. The Morgan fingerprint density at radius 3 is 0.800 bits per heavy atom. The van der Waals surface area contributed by atoms with Crippen molar-refractivity contribution in [1.29, 1.82) is 0 Å². The van der Waals surface area contributed by atoms with E-state index in [1.807, 2.05) is 0 Å². The van der Waals surface area contributed by atoms with Gasteiger partial charge in [-0.25, -0.2) is 13.7 Å². The van der Waals surface area contributed by atoms with Gasteiger partial charge in [0.05, 0.1) is 0 Å². The molecular formula is H8LiO11P3. The third kappa shape index (κ3) is 51.8. The van der Waals surface area contributed by atoms with Gasteiger partial charge < -0.3 is 34.3 Å². The summed E-state index contributed by atoms with van der Waals surface area (Å²) in [7, 11) is -14.7. The van der Waals surface area contributed by atoms with Crippen molar-refractivity contribution < 1.29 is 52.3 Å². The molecule has 0 bridgehead atoms. The van der Waals surface area contributed by atoms with E-state index in [0.29, 0.717) is 0 Å². The quantitative estimate of drug-likeness (QED) is 0.210. The Balaban J connectivity index is -0.000000208. The van der Waals surface area contributed by atoms with E-state index in [9.17, 15) is 9.13 Å². The van der Waals surface area contributed by atoms with Gasteiger partial charge in [-0.05, 0) is 0 Å². The monoisotopic (exact) mass is 284 g/mol. The van der Waals surface area contributed by atoms with Crippen molar-refractivity contribution in [2.75, 3.05) is 0 Å². The van der Waals surface area contributed by atoms with E-state index in [1.165, 1.54) is 0 Å². The third-order valence-corrected chi connectivity index (χ3v) is 1.91. The molecule has 90 valence electrons. The average Bonchev–Trinajstić information content (AvgIpc) is 1.42. The van der Waals surface area contributed by atoms with E-state index in [2.05, 4.69) is 4.31 Å². The number of phosphoric acid groups is 3. The van der Waals surface area contributed by atoms with Crippen LogP contribution in [0.3, 0.4) is 0 Å². The first-order valence-corrected chi connectivity index (χ1v) is 6.94. The summed E-state index contributed by atoms with van der Waals surface area (Å²) >= 11 is 0. The number of hydrogen-bond donors (Lipinski definition) is 7. The second-order valence-electron chi connectivity index (χ2n) is 1.58. The van der Waals surface area contributed by atoms with Crippen molar-refractivity contribution in [2.24, 2.45) is 0 Å². The molecule has 0 spiro atoms. The molecular weight excluding hydrogens is 276 g/mol. The molecule has 0 unspecified atom stereocenters. The zero-order valence-electron chi connectivity index (χ0n) is 6.11. The van der Waals surface area contributed by atoms with E-state index in [1.54, 1.807) is 0 Å². The molecule has 0 aliphatic heterocycles. The van der Waals surface area contributed by atoms with E-state index < -0.39 is 23.5 Å². The van der Waals surface area contributed by atoms with Crippen LogP contribution in [0.2, 0.25) is 0 Å². The summed E-state index contributed by atoms with van der Waals surface area (Å²) < 4.78 is 31.1. The van der Waals surface area contributed by atoms with E-state index in [4.69, 9.17) is 38.8 Å². The van der Waals surface area contributed by atoms with Crippen molar-refractivity contribution >= 4 is 42.3 Å². The van der Waals surface area contributed by atoms with Crippen LogP contribution in [0, 0.1) is 0 Å². The zero-order chi connectivity index (χ0) is 12.2. The normalized spacial score (nSPS) is 12.2. The van der Waals surface area contributed by atoms with Gasteiger partial charge in [0.1, 0.15) is 0 Å². The van der Waals surface area contributed by atoms with Crippen molar-refractivity contribution in [3.63, 3.8) is 0 Å². The van der Waals surface area contributed by atoms with Gasteiger partial charge in [-0.15, -0.1) is 0 Å². The van der Waals surface area contributed by atoms with Crippen LogP contribution in [0.4, 0.5) is 0 Å². The fourth-order valence-corrected chi connectivity index (χ4v) is 1.25. The Bertz CT molecular complexity index is 259. The predicted octanol–water partition coefficient (Wildman–Crippen LogP) is -2.39. The minimum atomic E-state index is -5.05. The van der Waals surface area contributed by atoms with E-state index in [-0.39, 0.29) is 18.9 Å². The summed E-state index contributed by atoms with van der Waals surface area (Å²) in [5, 5.41) is 0. The second kappa shape index (κ2) is 7.32. The van der Waals surface area contributed by atoms with Crippen LogP contribution in [0.25, 0.3) is 0 Å². The molecule has 0 heterocycles. The molecule has 0 rings (SSSR count). The minimum absolute atomic E-state index is 0. The van der Waals surface area contributed by atoms with Crippen LogP contribution in [-0.2, 0) is 18.0 Å². The fourth-order valence-electron chi connectivity index (χ4n) is 0.139. The first-order chi connectivity index (χ1) is 5.71. The van der Waals surface area contributed by atoms with Gasteiger partial charge in [-0.3, -0.25) is 0 Å². The van der Waals surface area contributed by atoms with Crippen LogP contribution in [0.5, 0.6) is 0 Å². The third-order valence-electron chi connectivity index (χ3n) is 0.213. The predicted molar refractivity (Wildman–Crippen MR) is 46.6 cm³/mol. The SMILES string of the molecule is O=P(O)(O)O.O=P(O)(O)OP(=O)(O)O.[LiH]. The van der Waals surface area contributed by atoms with Gasteiger partial charge in [-0.2, -0.15) is 4.31 Å². The molecule has 0 aliphatic rings. The van der Waals surface area contributed by atoms with Crippen molar-refractivity contribution in [1.82, 2.24) is 0 Å². The maximum atomic E-state index is 9.63.